The van der Waals surface area contributed by atoms with Gasteiger partial charge < -0.3 is 14.5 Å². The summed E-state index contributed by atoms with van der Waals surface area (Å²) >= 11 is 0. The Kier molecular flexibility index (Phi) is 7.26. The normalized spacial score (nSPS) is 20.3. The van der Waals surface area contributed by atoms with Crippen LogP contribution in [0.5, 0.6) is 5.75 Å². The molecule has 2 amide bonds. The first-order chi connectivity index (χ1) is 14.7. The Balaban J connectivity index is 1.35. The Bertz CT molecular complexity index is 737. The summed E-state index contributed by atoms with van der Waals surface area (Å²) in [6, 6.07) is 6.20. The molecule has 0 spiro atoms. The van der Waals surface area contributed by atoms with Gasteiger partial charge in [0.25, 0.3) is 0 Å². The maximum atomic E-state index is 13.0. The van der Waals surface area contributed by atoms with Crippen molar-refractivity contribution in [3.05, 3.63) is 29.3 Å². The van der Waals surface area contributed by atoms with E-state index in [1.807, 2.05) is 15.9 Å². The molecule has 3 aliphatic heterocycles. The molecule has 0 aromatic heterocycles. The van der Waals surface area contributed by atoms with Gasteiger partial charge in [0.1, 0.15) is 12.4 Å². The quantitative estimate of drug-likeness (QED) is 0.745. The van der Waals surface area contributed by atoms with Gasteiger partial charge in [-0.1, -0.05) is 25.0 Å². The third-order valence-electron chi connectivity index (χ3n) is 6.60. The van der Waals surface area contributed by atoms with E-state index in [0.29, 0.717) is 32.7 Å². The molecule has 0 radical (unpaired) electrons. The van der Waals surface area contributed by atoms with Gasteiger partial charge in [-0.3, -0.25) is 14.5 Å². The molecule has 0 N–H and O–H groups in total. The summed E-state index contributed by atoms with van der Waals surface area (Å²) in [5.41, 5.74) is 2.20. The summed E-state index contributed by atoms with van der Waals surface area (Å²) in [6.45, 7) is 6.14. The third-order valence-corrected chi connectivity index (χ3v) is 6.60. The molecule has 1 aromatic rings. The fourth-order valence-corrected chi connectivity index (χ4v) is 4.78. The highest BCUT2D eigenvalue weighted by atomic mass is 16.5. The first-order valence-electron chi connectivity index (χ1n) is 11.7. The SMILES string of the molecule is O=C(CCc1ccc2c(c1)CN(C(=O)CN1CCCCCC1)CCO2)N1CCCC1. The molecule has 0 saturated carbocycles. The highest BCUT2D eigenvalue weighted by Crippen LogP contribution is 2.25. The van der Waals surface area contributed by atoms with Crippen LogP contribution in [-0.4, -0.2) is 72.4 Å². The molecular formula is C24H35N3O3. The maximum Gasteiger partial charge on any atom is 0.237 e. The van der Waals surface area contributed by atoms with Crippen molar-refractivity contribution in [2.45, 2.75) is 57.9 Å². The Morgan fingerprint density at radius 1 is 0.833 bits per heavy atom. The summed E-state index contributed by atoms with van der Waals surface area (Å²) < 4.78 is 5.92. The van der Waals surface area contributed by atoms with Crippen molar-refractivity contribution < 1.29 is 14.3 Å². The first-order valence-corrected chi connectivity index (χ1v) is 11.7. The largest absolute Gasteiger partial charge is 0.491 e. The molecule has 1 aromatic carbocycles. The predicted molar refractivity (Wildman–Crippen MR) is 116 cm³/mol. The molecule has 6 nitrogen and oxygen atoms in total. The molecule has 30 heavy (non-hydrogen) atoms. The number of fused-ring (bicyclic) bond motifs is 1. The average Bonchev–Trinajstić information content (AvgIpc) is 3.05. The second kappa shape index (κ2) is 10.3. The first kappa shape index (κ1) is 21.2. The zero-order valence-electron chi connectivity index (χ0n) is 18.1. The number of carbonyl (C=O) groups excluding carboxylic acids is 2. The molecule has 0 unspecified atom stereocenters. The van der Waals surface area contributed by atoms with Gasteiger partial charge in [-0.25, -0.2) is 0 Å². The maximum absolute atomic E-state index is 13.0. The zero-order valence-corrected chi connectivity index (χ0v) is 18.1. The number of amides is 2. The lowest BCUT2D eigenvalue weighted by Crippen LogP contribution is -2.41. The number of nitrogens with zero attached hydrogens (tertiary/aromatic N) is 3. The molecule has 6 heteroatoms. The third kappa shape index (κ3) is 5.54. The van der Waals surface area contributed by atoms with Crippen molar-refractivity contribution in [2.75, 3.05) is 45.9 Å². The Hall–Kier alpha value is -2.08. The molecule has 2 saturated heterocycles. The molecule has 3 heterocycles. The molecule has 2 fully saturated rings. The molecule has 4 rings (SSSR count). The summed E-state index contributed by atoms with van der Waals surface area (Å²) in [5, 5.41) is 0. The van der Waals surface area contributed by atoms with Crippen LogP contribution in [0, 0.1) is 0 Å². The fraction of sp³-hybridized carbons (Fsp3) is 0.667. The second-order valence-electron chi connectivity index (χ2n) is 8.88. The van der Waals surface area contributed by atoms with Gasteiger partial charge in [-0.2, -0.15) is 0 Å². The van der Waals surface area contributed by atoms with E-state index in [0.717, 1.165) is 62.3 Å². The van der Waals surface area contributed by atoms with Gasteiger partial charge in [0, 0.05) is 31.6 Å². The van der Waals surface area contributed by atoms with E-state index in [1.54, 1.807) is 0 Å². The van der Waals surface area contributed by atoms with Crippen molar-refractivity contribution in [3.8, 4) is 5.75 Å². The van der Waals surface area contributed by atoms with Crippen molar-refractivity contribution in [2.24, 2.45) is 0 Å². The second-order valence-corrected chi connectivity index (χ2v) is 8.88. The highest BCUT2D eigenvalue weighted by Gasteiger charge is 2.23. The van der Waals surface area contributed by atoms with E-state index < -0.39 is 0 Å². The van der Waals surface area contributed by atoms with Gasteiger partial charge >= 0.3 is 0 Å². The van der Waals surface area contributed by atoms with Crippen LogP contribution in [0.25, 0.3) is 0 Å². The average molecular weight is 414 g/mol. The lowest BCUT2D eigenvalue weighted by molar-refractivity contribution is -0.133. The highest BCUT2D eigenvalue weighted by molar-refractivity contribution is 5.78. The van der Waals surface area contributed by atoms with E-state index in [9.17, 15) is 9.59 Å². The fourth-order valence-electron chi connectivity index (χ4n) is 4.78. The number of likely N-dealkylation sites (tertiary alicyclic amines) is 2. The number of ether oxygens (including phenoxy) is 1. The summed E-state index contributed by atoms with van der Waals surface area (Å²) in [6.07, 6.45) is 8.49. The minimum Gasteiger partial charge on any atom is -0.491 e. The Labute approximate surface area is 180 Å². The van der Waals surface area contributed by atoms with Gasteiger partial charge in [0.05, 0.1) is 13.1 Å². The van der Waals surface area contributed by atoms with Gasteiger partial charge in [0.15, 0.2) is 0 Å². The van der Waals surface area contributed by atoms with E-state index in [-0.39, 0.29) is 11.8 Å². The van der Waals surface area contributed by atoms with Crippen molar-refractivity contribution in [1.29, 1.82) is 0 Å². The van der Waals surface area contributed by atoms with Crippen LogP contribution in [0.1, 0.15) is 56.1 Å². The molecule has 3 aliphatic rings. The van der Waals surface area contributed by atoms with Gasteiger partial charge in [0.2, 0.25) is 11.8 Å². The Morgan fingerprint density at radius 2 is 1.57 bits per heavy atom. The molecule has 0 atom stereocenters. The van der Waals surface area contributed by atoms with Crippen LogP contribution in [0.3, 0.4) is 0 Å². The summed E-state index contributed by atoms with van der Waals surface area (Å²) in [5.74, 6) is 1.32. The molecule has 0 aliphatic carbocycles. The Morgan fingerprint density at radius 3 is 2.33 bits per heavy atom. The van der Waals surface area contributed by atoms with Crippen LogP contribution in [0.15, 0.2) is 18.2 Å². The minimum absolute atomic E-state index is 0.197. The van der Waals surface area contributed by atoms with E-state index in [2.05, 4.69) is 17.0 Å². The lowest BCUT2D eigenvalue weighted by Gasteiger charge is -2.25. The standard InChI is InChI=1S/C24H35N3O3/c28-23(26-13-5-6-14-26)10-8-20-7-9-22-21(17-20)18-27(15-16-30-22)24(29)19-25-11-3-1-2-4-12-25/h7,9,17H,1-6,8,10-16,18-19H2. The van der Waals surface area contributed by atoms with Crippen LogP contribution in [0.4, 0.5) is 0 Å². The molecular weight excluding hydrogens is 378 g/mol. The monoisotopic (exact) mass is 413 g/mol. The van der Waals surface area contributed by atoms with Gasteiger partial charge in [-0.15, -0.1) is 0 Å². The molecule has 164 valence electrons. The number of benzene rings is 1. The van der Waals surface area contributed by atoms with Crippen LogP contribution < -0.4 is 4.74 Å². The predicted octanol–water partition coefficient (Wildman–Crippen LogP) is 2.84. The topological polar surface area (TPSA) is 53.1 Å². The summed E-state index contributed by atoms with van der Waals surface area (Å²) in [7, 11) is 0. The van der Waals surface area contributed by atoms with Gasteiger partial charge in [-0.05, 0) is 56.8 Å². The van der Waals surface area contributed by atoms with Crippen molar-refractivity contribution >= 4 is 11.8 Å². The van der Waals surface area contributed by atoms with Crippen molar-refractivity contribution in [1.82, 2.24) is 14.7 Å². The number of aryl methyl sites for hydroxylation is 1. The number of hydrogen-bond acceptors (Lipinski definition) is 4. The van der Waals surface area contributed by atoms with E-state index in [1.165, 1.54) is 25.7 Å². The van der Waals surface area contributed by atoms with Crippen LogP contribution in [-0.2, 0) is 22.6 Å². The summed E-state index contributed by atoms with van der Waals surface area (Å²) in [4.78, 5) is 31.6. The van der Waals surface area contributed by atoms with Crippen LogP contribution >= 0.6 is 0 Å². The smallest absolute Gasteiger partial charge is 0.237 e. The van der Waals surface area contributed by atoms with Crippen LogP contribution in [0.2, 0.25) is 0 Å². The number of hydrogen-bond donors (Lipinski definition) is 0. The zero-order chi connectivity index (χ0) is 20.8. The number of carbonyl (C=O) groups is 2. The number of rotatable bonds is 5. The molecule has 0 bridgehead atoms. The van der Waals surface area contributed by atoms with Crippen molar-refractivity contribution in [3.63, 3.8) is 0 Å². The van der Waals surface area contributed by atoms with E-state index in [4.69, 9.17) is 4.74 Å². The van der Waals surface area contributed by atoms with E-state index >= 15 is 0 Å². The lowest BCUT2D eigenvalue weighted by atomic mass is 10.0. The minimum atomic E-state index is 0.197.